The zero-order valence-corrected chi connectivity index (χ0v) is 15.1. The van der Waals surface area contributed by atoms with Gasteiger partial charge in [0, 0.05) is 6.08 Å². The lowest BCUT2D eigenvalue weighted by atomic mass is 10.1. The van der Waals surface area contributed by atoms with Crippen LogP contribution in [0.5, 0.6) is 0 Å². The lowest BCUT2D eigenvalue weighted by molar-refractivity contribution is -0.137. The molecule has 0 radical (unpaired) electrons. The Morgan fingerprint density at radius 1 is 1.09 bits per heavy atom. The molecule has 5 nitrogen and oxygen atoms in total. The van der Waals surface area contributed by atoms with Crippen LogP contribution in [0.3, 0.4) is 0 Å². The molecule has 0 saturated heterocycles. The number of aryl methyl sites for hydroxylation is 1. The van der Waals surface area contributed by atoms with Gasteiger partial charge in [0.2, 0.25) is 0 Å². The van der Waals surface area contributed by atoms with Crippen molar-refractivity contribution in [3.8, 4) is 0 Å². The molecule has 0 unspecified atom stereocenters. The molecule has 0 aromatic heterocycles. The second kappa shape index (κ2) is 9.66. The van der Waals surface area contributed by atoms with E-state index in [4.69, 9.17) is 13.8 Å². The molecule has 1 aromatic rings. The van der Waals surface area contributed by atoms with Gasteiger partial charge in [0.15, 0.2) is 0 Å². The van der Waals surface area contributed by atoms with E-state index in [0.29, 0.717) is 23.9 Å². The topological polar surface area (TPSA) is 61.8 Å². The van der Waals surface area contributed by atoms with Gasteiger partial charge < -0.3 is 13.8 Å². The van der Waals surface area contributed by atoms with Gasteiger partial charge in [0.25, 0.3) is 0 Å². The number of ether oxygens (including phenoxy) is 1. The Labute approximate surface area is 138 Å². The van der Waals surface area contributed by atoms with Crippen molar-refractivity contribution >= 4 is 24.9 Å². The van der Waals surface area contributed by atoms with Gasteiger partial charge in [0.05, 0.1) is 25.1 Å². The fourth-order valence-electron chi connectivity index (χ4n) is 2.22. The average Bonchev–Trinajstić information content (AvgIpc) is 2.53. The van der Waals surface area contributed by atoms with Gasteiger partial charge in [-0.3, -0.25) is 4.57 Å². The van der Waals surface area contributed by atoms with E-state index in [2.05, 4.69) is 0 Å². The van der Waals surface area contributed by atoms with Gasteiger partial charge in [0.1, 0.15) is 0 Å². The van der Waals surface area contributed by atoms with Gasteiger partial charge in [-0.15, -0.1) is 0 Å². The minimum atomic E-state index is -3.44. The average molecular weight is 340 g/mol. The van der Waals surface area contributed by atoms with Crippen molar-refractivity contribution in [1.29, 1.82) is 0 Å². The van der Waals surface area contributed by atoms with E-state index in [9.17, 15) is 9.36 Å². The molecule has 0 aliphatic heterocycles. The maximum Gasteiger partial charge on any atom is 0.362 e. The highest BCUT2D eigenvalue weighted by Gasteiger charge is 2.31. The normalized spacial score (nSPS) is 11.8. The molecule has 1 aromatic carbocycles. The number of esters is 1. The Morgan fingerprint density at radius 2 is 1.74 bits per heavy atom. The van der Waals surface area contributed by atoms with Crippen LogP contribution in [0.2, 0.25) is 0 Å². The zero-order valence-electron chi connectivity index (χ0n) is 14.2. The summed E-state index contributed by atoms with van der Waals surface area (Å²) in [6.07, 6.45) is 3.60. The van der Waals surface area contributed by atoms with Crippen LogP contribution in [-0.4, -0.2) is 25.8 Å². The molecular formula is C17H25O5P. The van der Waals surface area contributed by atoms with Gasteiger partial charge in [-0.05, 0) is 44.4 Å². The summed E-state index contributed by atoms with van der Waals surface area (Å²) < 4.78 is 29.0. The van der Waals surface area contributed by atoms with E-state index in [1.165, 1.54) is 6.08 Å². The number of hydrogen-bond acceptors (Lipinski definition) is 5. The van der Waals surface area contributed by atoms with Crippen LogP contribution in [0.25, 0.3) is 6.08 Å². The van der Waals surface area contributed by atoms with E-state index in [-0.39, 0.29) is 13.2 Å². The minimum Gasteiger partial charge on any atom is -0.463 e. The van der Waals surface area contributed by atoms with E-state index in [1.54, 1.807) is 32.9 Å². The fraction of sp³-hybridized carbons (Fsp3) is 0.471. The number of benzene rings is 1. The molecule has 1 rings (SSSR count). The number of hydrogen-bond donors (Lipinski definition) is 0. The summed E-state index contributed by atoms with van der Waals surface area (Å²) in [5.74, 6) is -0.442. The van der Waals surface area contributed by atoms with Crippen LogP contribution >= 0.6 is 7.60 Å². The SMILES string of the molecule is CCOC(=O)/C=C/c1cccc(CC)c1P(=O)(OCC)OCC. The quantitative estimate of drug-likeness (QED) is 0.389. The standard InChI is InChI=1S/C17H25O5P/c1-5-14-10-9-11-15(12-13-16(18)20-6-2)17(14)23(19,21-7-3)22-8-4/h9-13H,5-8H2,1-4H3/b13-12+. The molecule has 0 heterocycles. The Balaban J connectivity index is 3.37. The van der Waals surface area contributed by atoms with Crippen molar-refractivity contribution in [2.75, 3.05) is 19.8 Å². The molecule has 0 N–H and O–H groups in total. The van der Waals surface area contributed by atoms with E-state index in [1.807, 2.05) is 19.1 Å². The first-order chi connectivity index (χ1) is 11.0. The number of rotatable bonds is 9. The largest absolute Gasteiger partial charge is 0.463 e. The number of carbonyl (C=O) groups excluding carboxylic acids is 1. The molecule has 6 heteroatoms. The lowest BCUT2D eigenvalue weighted by Crippen LogP contribution is -2.18. The monoisotopic (exact) mass is 340 g/mol. The second-order valence-corrected chi connectivity index (χ2v) is 6.59. The first-order valence-electron chi connectivity index (χ1n) is 7.88. The van der Waals surface area contributed by atoms with Crippen LogP contribution in [0, 0.1) is 0 Å². The molecule has 0 amide bonds. The van der Waals surface area contributed by atoms with Gasteiger partial charge >= 0.3 is 13.6 Å². The Kier molecular flexibility index (Phi) is 8.24. The third-order valence-corrected chi connectivity index (χ3v) is 5.38. The summed E-state index contributed by atoms with van der Waals surface area (Å²) in [7, 11) is -3.44. The molecule has 23 heavy (non-hydrogen) atoms. The molecular weight excluding hydrogens is 315 g/mol. The summed E-state index contributed by atoms with van der Waals surface area (Å²) in [5, 5.41) is 0.520. The smallest absolute Gasteiger partial charge is 0.362 e. The van der Waals surface area contributed by atoms with Crippen molar-refractivity contribution < 1.29 is 23.1 Å². The molecule has 0 bridgehead atoms. The van der Waals surface area contributed by atoms with E-state index < -0.39 is 13.6 Å². The molecule has 0 aliphatic carbocycles. The van der Waals surface area contributed by atoms with Gasteiger partial charge in [-0.2, -0.15) is 0 Å². The lowest BCUT2D eigenvalue weighted by Gasteiger charge is -2.21. The molecule has 0 atom stereocenters. The summed E-state index contributed by atoms with van der Waals surface area (Å²) in [4.78, 5) is 11.5. The predicted molar refractivity (Wildman–Crippen MR) is 92.0 cm³/mol. The van der Waals surface area contributed by atoms with Crippen molar-refractivity contribution in [2.24, 2.45) is 0 Å². The van der Waals surface area contributed by atoms with Crippen LogP contribution in [0.15, 0.2) is 24.3 Å². The Bertz CT molecular complexity index is 585. The van der Waals surface area contributed by atoms with Crippen molar-refractivity contribution in [3.05, 3.63) is 35.4 Å². The van der Waals surface area contributed by atoms with Crippen LogP contribution in [0.4, 0.5) is 0 Å². The highest BCUT2D eigenvalue weighted by Crippen LogP contribution is 2.49. The number of carbonyl (C=O) groups is 1. The van der Waals surface area contributed by atoms with Crippen molar-refractivity contribution in [3.63, 3.8) is 0 Å². The van der Waals surface area contributed by atoms with Gasteiger partial charge in [-0.25, -0.2) is 4.79 Å². The summed E-state index contributed by atoms with van der Waals surface area (Å²) >= 11 is 0. The van der Waals surface area contributed by atoms with E-state index in [0.717, 1.165) is 5.56 Å². The first kappa shape index (κ1) is 19.6. The summed E-state index contributed by atoms with van der Waals surface area (Å²) in [6.45, 7) is 8.12. The molecule has 128 valence electrons. The summed E-state index contributed by atoms with van der Waals surface area (Å²) in [6, 6.07) is 5.53. The van der Waals surface area contributed by atoms with Crippen LogP contribution < -0.4 is 5.30 Å². The maximum absolute atomic E-state index is 13.2. The van der Waals surface area contributed by atoms with Crippen molar-refractivity contribution in [2.45, 2.75) is 34.1 Å². The Morgan fingerprint density at radius 3 is 2.26 bits per heavy atom. The predicted octanol–water partition coefficient (Wildman–Crippen LogP) is 3.72. The third-order valence-electron chi connectivity index (χ3n) is 3.09. The van der Waals surface area contributed by atoms with E-state index >= 15 is 0 Å². The highest BCUT2D eigenvalue weighted by molar-refractivity contribution is 7.62. The summed E-state index contributed by atoms with van der Waals surface area (Å²) in [5.41, 5.74) is 1.52. The third kappa shape index (κ3) is 5.31. The highest BCUT2D eigenvalue weighted by atomic mass is 31.2. The first-order valence-corrected chi connectivity index (χ1v) is 9.42. The Hall–Kier alpha value is -1.42. The minimum absolute atomic E-state index is 0.274. The second-order valence-electron chi connectivity index (χ2n) is 4.63. The maximum atomic E-state index is 13.2. The molecule has 0 fully saturated rings. The molecule has 0 aliphatic rings. The van der Waals surface area contributed by atoms with Gasteiger partial charge in [-0.1, -0.05) is 25.1 Å². The van der Waals surface area contributed by atoms with Crippen LogP contribution in [0.1, 0.15) is 38.8 Å². The fourth-order valence-corrected chi connectivity index (χ4v) is 4.28. The van der Waals surface area contributed by atoms with Crippen molar-refractivity contribution in [1.82, 2.24) is 0 Å². The van der Waals surface area contributed by atoms with Crippen LogP contribution in [-0.2, 0) is 29.6 Å². The molecule has 0 spiro atoms. The molecule has 0 saturated carbocycles. The zero-order chi connectivity index (χ0) is 17.3.